The van der Waals surface area contributed by atoms with Gasteiger partial charge in [-0.3, -0.25) is 4.79 Å². The molecule has 1 aromatic rings. The molecule has 0 aliphatic rings. The Labute approximate surface area is 107 Å². The van der Waals surface area contributed by atoms with Crippen molar-refractivity contribution < 1.29 is 18.7 Å². The van der Waals surface area contributed by atoms with Crippen LogP contribution in [-0.2, 0) is 9.53 Å². The molecule has 0 aliphatic carbocycles. The van der Waals surface area contributed by atoms with Crippen LogP contribution in [0.2, 0.25) is 10.0 Å². The topological polar surface area (TPSA) is 43.4 Å². The lowest BCUT2D eigenvalue weighted by Crippen LogP contribution is -2.28. The molecule has 0 saturated carbocycles. The maximum Gasteiger partial charge on any atom is 0.349 e. The van der Waals surface area contributed by atoms with Gasteiger partial charge in [0.15, 0.2) is 0 Å². The fraction of sp³-hybridized carbons (Fsp3) is 0.273. The van der Waals surface area contributed by atoms with Crippen LogP contribution < -0.4 is 0 Å². The SMILES string of the molecule is CCOC(=O)C(F)C(=O)c1cccc(Cl)c1Cl. The summed E-state index contributed by atoms with van der Waals surface area (Å²) in [5, 5.41) is 0.0414. The van der Waals surface area contributed by atoms with Crippen LogP contribution in [0.1, 0.15) is 17.3 Å². The number of rotatable bonds is 4. The van der Waals surface area contributed by atoms with Crippen LogP contribution in [0.4, 0.5) is 4.39 Å². The first kappa shape index (κ1) is 13.9. The first-order chi connectivity index (χ1) is 7.99. The fourth-order valence-electron chi connectivity index (χ4n) is 1.15. The molecule has 0 radical (unpaired) electrons. The molecule has 1 unspecified atom stereocenters. The molecule has 0 aromatic heterocycles. The normalized spacial score (nSPS) is 12.0. The Bertz CT molecular complexity index is 448. The van der Waals surface area contributed by atoms with Gasteiger partial charge >= 0.3 is 5.97 Å². The monoisotopic (exact) mass is 278 g/mol. The molecule has 0 amide bonds. The van der Waals surface area contributed by atoms with Gasteiger partial charge in [0.05, 0.1) is 16.7 Å². The molecule has 0 bridgehead atoms. The molecule has 0 heterocycles. The van der Waals surface area contributed by atoms with E-state index in [4.69, 9.17) is 23.2 Å². The van der Waals surface area contributed by atoms with Gasteiger partial charge in [0.1, 0.15) is 0 Å². The summed E-state index contributed by atoms with van der Waals surface area (Å²) < 4.78 is 17.9. The highest BCUT2D eigenvalue weighted by Crippen LogP contribution is 2.27. The van der Waals surface area contributed by atoms with Gasteiger partial charge in [-0.2, -0.15) is 0 Å². The predicted molar refractivity (Wildman–Crippen MR) is 62.3 cm³/mol. The van der Waals surface area contributed by atoms with Gasteiger partial charge in [-0.15, -0.1) is 0 Å². The molecule has 17 heavy (non-hydrogen) atoms. The Morgan fingerprint density at radius 1 is 1.41 bits per heavy atom. The molecule has 0 N–H and O–H groups in total. The van der Waals surface area contributed by atoms with Crippen LogP contribution in [-0.4, -0.2) is 24.5 Å². The van der Waals surface area contributed by atoms with Crippen molar-refractivity contribution in [2.75, 3.05) is 6.61 Å². The number of ketones is 1. The van der Waals surface area contributed by atoms with Crippen molar-refractivity contribution >= 4 is 35.0 Å². The highest BCUT2D eigenvalue weighted by Gasteiger charge is 2.30. The number of alkyl halides is 1. The van der Waals surface area contributed by atoms with E-state index >= 15 is 0 Å². The fourth-order valence-corrected chi connectivity index (χ4v) is 1.55. The lowest BCUT2D eigenvalue weighted by molar-refractivity contribution is -0.147. The number of carbonyl (C=O) groups excluding carboxylic acids is 2. The minimum Gasteiger partial charge on any atom is -0.463 e. The molecule has 1 aromatic carbocycles. The summed E-state index contributed by atoms with van der Waals surface area (Å²) in [6.07, 6.45) is -2.38. The van der Waals surface area contributed by atoms with E-state index in [2.05, 4.69) is 4.74 Å². The lowest BCUT2D eigenvalue weighted by atomic mass is 10.1. The quantitative estimate of drug-likeness (QED) is 0.483. The number of hydrogen-bond acceptors (Lipinski definition) is 3. The lowest BCUT2D eigenvalue weighted by Gasteiger charge is -2.08. The summed E-state index contributed by atoms with van der Waals surface area (Å²) in [5.41, 5.74) is -0.139. The summed E-state index contributed by atoms with van der Waals surface area (Å²) in [7, 11) is 0. The van der Waals surface area contributed by atoms with Crippen molar-refractivity contribution in [3.8, 4) is 0 Å². The number of ether oxygens (including phenoxy) is 1. The van der Waals surface area contributed by atoms with E-state index in [1.165, 1.54) is 25.1 Å². The van der Waals surface area contributed by atoms with Crippen molar-refractivity contribution in [2.24, 2.45) is 0 Å². The van der Waals surface area contributed by atoms with Crippen molar-refractivity contribution in [1.82, 2.24) is 0 Å². The van der Waals surface area contributed by atoms with E-state index in [0.717, 1.165) is 0 Å². The largest absolute Gasteiger partial charge is 0.463 e. The average molecular weight is 279 g/mol. The van der Waals surface area contributed by atoms with Gasteiger partial charge in [0.25, 0.3) is 6.17 Å². The van der Waals surface area contributed by atoms with Crippen LogP contribution in [0.15, 0.2) is 18.2 Å². The maximum absolute atomic E-state index is 13.4. The number of carbonyl (C=O) groups is 2. The molecule has 0 fully saturated rings. The molecule has 3 nitrogen and oxygen atoms in total. The molecule has 0 spiro atoms. The third-order valence-electron chi connectivity index (χ3n) is 1.94. The number of esters is 1. The van der Waals surface area contributed by atoms with E-state index in [-0.39, 0.29) is 22.2 Å². The van der Waals surface area contributed by atoms with Crippen molar-refractivity contribution in [1.29, 1.82) is 0 Å². The Hall–Kier alpha value is -1.13. The van der Waals surface area contributed by atoms with E-state index in [0.29, 0.717) is 0 Å². The highest BCUT2D eigenvalue weighted by atomic mass is 35.5. The smallest absolute Gasteiger partial charge is 0.349 e. The minimum atomic E-state index is -2.38. The summed E-state index contributed by atoms with van der Waals surface area (Å²) in [4.78, 5) is 22.7. The van der Waals surface area contributed by atoms with Gasteiger partial charge in [-0.05, 0) is 19.1 Å². The van der Waals surface area contributed by atoms with Crippen LogP contribution >= 0.6 is 23.2 Å². The van der Waals surface area contributed by atoms with Crippen LogP contribution in [0, 0.1) is 0 Å². The van der Waals surface area contributed by atoms with Gasteiger partial charge in [0, 0.05) is 5.56 Å². The second-order valence-corrected chi connectivity index (χ2v) is 3.87. The zero-order chi connectivity index (χ0) is 13.0. The van der Waals surface area contributed by atoms with Crippen molar-refractivity contribution in [3.05, 3.63) is 33.8 Å². The van der Waals surface area contributed by atoms with Gasteiger partial charge in [-0.25, -0.2) is 9.18 Å². The second-order valence-electron chi connectivity index (χ2n) is 3.08. The summed E-state index contributed by atoms with van der Waals surface area (Å²) >= 11 is 11.4. The van der Waals surface area contributed by atoms with Crippen LogP contribution in [0.3, 0.4) is 0 Å². The molecule has 92 valence electrons. The van der Waals surface area contributed by atoms with Crippen molar-refractivity contribution in [2.45, 2.75) is 13.1 Å². The molecule has 0 aliphatic heterocycles. The highest BCUT2D eigenvalue weighted by molar-refractivity contribution is 6.44. The summed E-state index contributed by atoms with van der Waals surface area (Å²) in [6, 6.07) is 4.19. The molecule has 1 atom stereocenters. The van der Waals surface area contributed by atoms with Gasteiger partial charge < -0.3 is 4.74 Å². The third-order valence-corrected chi connectivity index (χ3v) is 2.76. The summed E-state index contributed by atoms with van der Waals surface area (Å²) in [6.45, 7) is 1.51. The summed E-state index contributed by atoms with van der Waals surface area (Å²) in [5.74, 6) is -2.29. The number of Topliss-reactive ketones (excluding diaryl/α,β-unsaturated/α-hetero) is 1. The van der Waals surface area contributed by atoms with Crippen molar-refractivity contribution in [3.63, 3.8) is 0 Å². The average Bonchev–Trinajstić information content (AvgIpc) is 2.31. The Kier molecular flexibility index (Phi) is 4.90. The van der Waals surface area contributed by atoms with Gasteiger partial charge in [0.2, 0.25) is 5.78 Å². The molecular weight excluding hydrogens is 270 g/mol. The number of benzene rings is 1. The van der Waals surface area contributed by atoms with E-state index in [9.17, 15) is 14.0 Å². The first-order valence-electron chi connectivity index (χ1n) is 4.78. The zero-order valence-corrected chi connectivity index (χ0v) is 10.4. The molecular formula is C11H9Cl2FO3. The zero-order valence-electron chi connectivity index (χ0n) is 8.88. The minimum absolute atomic E-state index is 0.00416. The van der Waals surface area contributed by atoms with Crippen LogP contribution in [0.25, 0.3) is 0 Å². The third kappa shape index (κ3) is 3.17. The van der Waals surface area contributed by atoms with Crippen LogP contribution in [0.5, 0.6) is 0 Å². The molecule has 1 rings (SSSR count). The number of hydrogen-bond donors (Lipinski definition) is 0. The Morgan fingerprint density at radius 3 is 2.65 bits per heavy atom. The standard InChI is InChI=1S/C11H9Cl2FO3/c1-2-17-11(16)9(14)10(15)6-4-3-5-7(12)8(6)13/h3-5,9H,2H2,1H3. The molecule has 6 heteroatoms. The predicted octanol–water partition coefficient (Wildman–Crippen LogP) is 3.08. The Morgan fingerprint density at radius 2 is 2.06 bits per heavy atom. The van der Waals surface area contributed by atoms with Gasteiger partial charge in [-0.1, -0.05) is 29.3 Å². The second kappa shape index (κ2) is 5.98. The van der Waals surface area contributed by atoms with E-state index in [1.54, 1.807) is 0 Å². The number of halogens is 3. The van der Waals surface area contributed by atoms with E-state index in [1.807, 2.05) is 0 Å². The van der Waals surface area contributed by atoms with E-state index < -0.39 is 17.9 Å². The maximum atomic E-state index is 13.4. The first-order valence-corrected chi connectivity index (χ1v) is 5.53. The Balaban J connectivity index is 2.97. The molecule has 0 saturated heterocycles.